The largest absolute Gasteiger partial charge is 0.390 e. The fourth-order valence-corrected chi connectivity index (χ4v) is 1.11. The zero-order valence-electron chi connectivity index (χ0n) is 6.32. The van der Waals surface area contributed by atoms with Gasteiger partial charge in [-0.2, -0.15) is 0 Å². The topological polar surface area (TPSA) is 49.7 Å². The van der Waals surface area contributed by atoms with E-state index in [2.05, 4.69) is 0 Å². The first-order chi connectivity index (χ1) is 4.63. The molecule has 2 N–H and O–H groups in total. The lowest BCUT2D eigenvalue weighted by Crippen LogP contribution is -2.42. The molecule has 1 heterocycles. The van der Waals surface area contributed by atoms with Gasteiger partial charge in [-0.25, -0.2) is 0 Å². The molecule has 1 aliphatic heterocycles. The summed E-state index contributed by atoms with van der Waals surface area (Å²) in [4.78, 5) is 0. The summed E-state index contributed by atoms with van der Waals surface area (Å²) < 4.78 is 4.88. The molecule has 0 amide bonds. The van der Waals surface area contributed by atoms with E-state index in [1.165, 1.54) is 0 Å². The van der Waals surface area contributed by atoms with E-state index in [1.54, 1.807) is 0 Å². The fraction of sp³-hybridized carbons (Fsp3) is 1.00. The minimum absolute atomic E-state index is 0.0312. The molecule has 0 aromatic heterocycles. The Kier molecular flexibility index (Phi) is 2.28. The molecule has 1 unspecified atom stereocenters. The SMILES string of the molecule is C[C@H]1[C@H](O)COC(O)[C@@H]1C. The number of aliphatic hydroxyl groups excluding tert-OH is 2. The van der Waals surface area contributed by atoms with E-state index in [-0.39, 0.29) is 18.4 Å². The second-order valence-corrected chi connectivity index (χ2v) is 3.01. The van der Waals surface area contributed by atoms with E-state index in [4.69, 9.17) is 9.84 Å². The van der Waals surface area contributed by atoms with E-state index in [1.807, 2.05) is 13.8 Å². The third-order valence-electron chi connectivity index (χ3n) is 2.32. The van der Waals surface area contributed by atoms with Crippen molar-refractivity contribution in [3.63, 3.8) is 0 Å². The number of hydrogen-bond acceptors (Lipinski definition) is 3. The van der Waals surface area contributed by atoms with Gasteiger partial charge in [0.2, 0.25) is 0 Å². The molecule has 1 fully saturated rings. The van der Waals surface area contributed by atoms with Gasteiger partial charge in [-0.15, -0.1) is 0 Å². The number of ether oxygens (including phenoxy) is 1. The van der Waals surface area contributed by atoms with Crippen LogP contribution in [0.15, 0.2) is 0 Å². The Hall–Kier alpha value is -0.120. The maximum Gasteiger partial charge on any atom is 0.157 e. The highest BCUT2D eigenvalue weighted by atomic mass is 16.6. The first-order valence-electron chi connectivity index (χ1n) is 3.60. The van der Waals surface area contributed by atoms with Crippen LogP contribution in [0.5, 0.6) is 0 Å². The highest BCUT2D eigenvalue weighted by Crippen LogP contribution is 2.24. The van der Waals surface area contributed by atoms with Crippen molar-refractivity contribution >= 4 is 0 Å². The lowest BCUT2D eigenvalue weighted by Gasteiger charge is -2.34. The van der Waals surface area contributed by atoms with Gasteiger partial charge in [0.05, 0.1) is 12.7 Å². The molecule has 0 aromatic carbocycles. The van der Waals surface area contributed by atoms with Gasteiger partial charge in [0.25, 0.3) is 0 Å². The van der Waals surface area contributed by atoms with Gasteiger partial charge in [0, 0.05) is 5.92 Å². The van der Waals surface area contributed by atoms with Crippen molar-refractivity contribution in [2.45, 2.75) is 26.2 Å². The van der Waals surface area contributed by atoms with Crippen LogP contribution in [0.3, 0.4) is 0 Å². The van der Waals surface area contributed by atoms with Crippen molar-refractivity contribution in [2.24, 2.45) is 11.8 Å². The number of aliphatic hydroxyl groups is 2. The van der Waals surface area contributed by atoms with Crippen molar-refractivity contribution in [1.82, 2.24) is 0 Å². The minimum Gasteiger partial charge on any atom is -0.390 e. The molecule has 60 valence electrons. The molecule has 0 radical (unpaired) electrons. The van der Waals surface area contributed by atoms with Crippen molar-refractivity contribution in [1.29, 1.82) is 0 Å². The van der Waals surface area contributed by atoms with Gasteiger partial charge in [-0.1, -0.05) is 13.8 Å². The summed E-state index contributed by atoms with van der Waals surface area (Å²) in [6.07, 6.45) is -1.11. The predicted molar refractivity (Wildman–Crippen MR) is 36.3 cm³/mol. The molecule has 3 heteroatoms. The van der Waals surface area contributed by atoms with E-state index in [0.29, 0.717) is 0 Å². The van der Waals surface area contributed by atoms with Gasteiger partial charge < -0.3 is 14.9 Å². The van der Waals surface area contributed by atoms with Crippen LogP contribution < -0.4 is 0 Å². The normalized spacial score (nSPS) is 49.2. The molecule has 0 aliphatic carbocycles. The third-order valence-corrected chi connectivity index (χ3v) is 2.32. The Labute approximate surface area is 60.6 Å². The zero-order chi connectivity index (χ0) is 7.72. The summed E-state index contributed by atoms with van der Waals surface area (Å²) in [6.45, 7) is 4.05. The third kappa shape index (κ3) is 1.31. The molecule has 1 rings (SSSR count). The molecule has 3 nitrogen and oxygen atoms in total. The van der Waals surface area contributed by atoms with Crippen molar-refractivity contribution in [3.8, 4) is 0 Å². The summed E-state index contributed by atoms with van der Waals surface area (Å²) in [5.74, 6) is 0.160. The first-order valence-corrected chi connectivity index (χ1v) is 3.60. The van der Waals surface area contributed by atoms with Crippen LogP contribution in [0, 0.1) is 11.8 Å². The van der Waals surface area contributed by atoms with Gasteiger partial charge >= 0.3 is 0 Å². The molecule has 4 atom stereocenters. The molecule has 1 saturated heterocycles. The van der Waals surface area contributed by atoms with Crippen LogP contribution in [-0.4, -0.2) is 29.2 Å². The second kappa shape index (κ2) is 2.86. The van der Waals surface area contributed by atoms with E-state index in [0.717, 1.165) is 0 Å². The molecule has 0 saturated carbocycles. The quantitative estimate of drug-likeness (QED) is 0.504. The van der Waals surface area contributed by atoms with Gasteiger partial charge in [0.1, 0.15) is 0 Å². The van der Waals surface area contributed by atoms with Crippen molar-refractivity contribution in [2.75, 3.05) is 6.61 Å². The van der Waals surface area contributed by atoms with Crippen LogP contribution in [0.4, 0.5) is 0 Å². The lowest BCUT2D eigenvalue weighted by molar-refractivity contribution is -0.205. The molecule has 1 aliphatic rings. The molecular weight excluding hydrogens is 132 g/mol. The Balaban J connectivity index is 2.52. The zero-order valence-corrected chi connectivity index (χ0v) is 6.32. The minimum atomic E-state index is -0.696. The summed E-state index contributed by atoms with van der Waals surface area (Å²) in [5, 5.41) is 18.4. The van der Waals surface area contributed by atoms with E-state index >= 15 is 0 Å². The first kappa shape index (κ1) is 7.98. The molecular formula is C7H14O3. The smallest absolute Gasteiger partial charge is 0.157 e. The highest BCUT2D eigenvalue weighted by Gasteiger charge is 2.32. The number of rotatable bonds is 0. The summed E-state index contributed by atoms with van der Waals surface area (Å²) in [5.41, 5.74) is 0. The van der Waals surface area contributed by atoms with E-state index < -0.39 is 12.4 Å². The maximum absolute atomic E-state index is 9.23. The monoisotopic (exact) mass is 146 g/mol. The molecule has 0 bridgehead atoms. The predicted octanol–water partition coefficient (Wildman–Crippen LogP) is -0.0319. The summed E-state index contributed by atoms with van der Waals surface area (Å²) >= 11 is 0. The highest BCUT2D eigenvalue weighted by molar-refractivity contribution is 4.76. The average molecular weight is 146 g/mol. The average Bonchev–Trinajstić information content (AvgIpc) is 1.93. The summed E-state index contributed by atoms with van der Waals surface area (Å²) in [6, 6.07) is 0. The summed E-state index contributed by atoms with van der Waals surface area (Å²) in [7, 11) is 0. The van der Waals surface area contributed by atoms with E-state index in [9.17, 15) is 5.11 Å². The van der Waals surface area contributed by atoms with Crippen molar-refractivity contribution < 1.29 is 14.9 Å². The number of hydrogen-bond donors (Lipinski definition) is 2. The van der Waals surface area contributed by atoms with Crippen LogP contribution in [0.2, 0.25) is 0 Å². The molecule has 10 heavy (non-hydrogen) atoms. The standard InChI is InChI=1S/C7H14O3/c1-4-5(2)7(9)10-3-6(4)8/h4-9H,3H2,1-2H3/t4-,5-,6-,7?/m1/s1. The fourth-order valence-electron chi connectivity index (χ4n) is 1.11. The molecule has 0 spiro atoms. The molecule has 0 aromatic rings. The Bertz CT molecular complexity index is 101. The van der Waals surface area contributed by atoms with Crippen LogP contribution >= 0.6 is 0 Å². The van der Waals surface area contributed by atoms with Crippen LogP contribution in [0.1, 0.15) is 13.8 Å². The lowest BCUT2D eigenvalue weighted by atomic mass is 9.88. The Morgan fingerprint density at radius 2 is 1.80 bits per heavy atom. The van der Waals surface area contributed by atoms with Crippen LogP contribution in [0.25, 0.3) is 0 Å². The maximum atomic E-state index is 9.23. The van der Waals surface area contributed by atoms with Crippen LogP contribution in [-0.2, 0) is 4.74 Å². The Morgan fingerprint density at radius 1 is 1.20 bits per heavy atom. The van der Waals surface area contributed by atoms with Crippen molar-refractivity contribution in [3.05, 3.63) is 0 Å². The second-order valence-electron chi connectivity index (χ2n) is 3.01. The Morgan fingerprint density at radius 3 is 2.30 bits per heavy atom. The van der Waals surface area contributed by atoms with Gasteiger partial charge in [0.15, 0.2) is 6.29 Å². The van der Waals surface area contributed by atoms with Gasteiger partial charge in [-0.05, 0) is 5.92 Å². The van der Waals surface area contributed by atoms with Gasteiger partial charge in [-0.3, -0.25) is 0 Å².